The van der Waals surface area contributed by atoms with E-state index in [1.807, 2.05) is 18.2 Å². The molecule has 3 nitrogen and oxygen atoms in total. The Kier molecular flexibility index (Phi) is 7.32. The van der Waals surface area contributed by atoms with Gasteiger partial charge in [0.15, 0.2) is 0 Å². The van der Waals surface area contributed by atoms with Crippen LogP contribution in [-0.2, 0) is 0 Å². The van der Waals surface area contributed by atoms with Gasteiger partial charge in [0, 0.05) is 10.5 Å². The van der Waals surface area contributed by atoms with Crippen molar-refractivity contribution in [2.24, 2.45) is 5.84 Å². The predicted octanol–water partition coefficient (Wildman–Crippen LogP) is 3.93. The molecule has 0 aliphatic carbocycles. The highest BCUT2D eigenvalue weighted by Crippen LogP contribution is 2.30. The van der Waals surface area contributed by atoms with Gasteiger partial charge in [0.25, 0.3) is 0 Å². The summed E-state index contributed by atoms with van der Waals surface area (Å²) >= 11 is 3.57. The second kappa shape index (κ2) is 8.51. The summed E-state index contributed by atoms with van der Waals surface area (Å²) in [5.41, 5.74) is 4.06. The van der Waals surface area contributed by atoms with Gasteiger partial charge in [-0.25, -0.2) is 0 Å². The third kappa shape index (κ3) is 4.59. The molecule has 1 aromatic carbocycles. The summed E-state index contributed by atoms with van der Waals surface area (Å²) in [6.07, 6.45) is 6.03. The van der Waals surface area contributed by atoms with Crippen LogP contribution in [0.15, 0.2) is 22.7 Å². The molecule has 3 N–H and O–H groups in total. The molecule has 0 bridgehead atoms. The predicted molar refractivity (Wildman–Crippen MR) is 79.5 cm³/mol. The van der Waals surface area contributed by atoms with Gasteiger partial charge in [-0.2, -0.15) is 0 Å². The first-order valence-corrected chi connectivity index (χ1v) is 7.31. The maximum absolute atomic E-state index is 5.67. The van der Waals surface area contributed by atoms with Gasteiger partial charge in [-0.05, 0) is 30.2 Å². The molecular weight excluding hydrogens is 292 g/mol. The van der Waals surface area contributed by atoms with E-state index in [0.29, 0.717) is 0 Å². The van der Waals surface area contributed by atoms with Crippen LogP contribution >= 0.6 is 15.9 Å². The minimum absolute atomic E-state index is 0.173. The Morgan fingerprint density at radius 1 is 1.33 bits per heavy atom. The monoisotopic (exact) mass is 314 g/mol. The van der Waals surface area contributed by atoms with Crippen molar-refractivity contribution in [1.29, 1.82) is 0 Å². The van der Waals surface area contributed by atoms with Gasteiger partial charge >= 0.3 is 0 Å². The van der Waals surface area contributed by atoms with Crippen molar-refractivity contribution in [3.05, 3.63) is 28.2 Å². The zero-order valence-electron chi connectivity index (χ0n) is 11.2. The molecule has 1 unspecified atom stereocenters. The van der Waals surface area contributed by atoms with Crippen molar-refractivity contribution >= 4 is 15.9 Å². The van der Waals surface area contributed by atoms with Crippen molar-refractivity contribution in [3.8, 4) is 5.75 Å². The van der Waals surface area contributed by atoms with Crippen LogP contribution < -0.4 is 16.0 Å². The molecule has 0 aliphatic rings. The number of methoxy groups -OCH3 is 1. The third-order valence-electron chi connectivity index (χ3n) is 3.13. The average molecular weight is 315 g/mol. The quantitative estimate of drug-likeness (QED) is 0.434. The normalized spacial score (nSPS) is 12.4. The fourth-order valence-corrected chi connectivity index (χ4v) is 2.54. The van der Waals surface area contributed by atoms with Crippen LogP contribution in [0.1, 0.15) is 50.6 Å². The van der Waals surface area contributed by atoms with E-state index in [9.17, 15) is 0 Å². The molecular formula is C14H23BrN2O. The lowest BCUT2D eigenvalue weighted by Crippen LogP contribution is -2.28. The van der Waals surface area contributed by atoms with Crippen LogP contribution in [0.3, 0.4) is 0 Å². The molecule has 1 aromatic rings. The minimum Gasteiger partial charge on any atom is -0.497 e. The van der Waals surface area contributed by atoms with E-state index >= 15 is 0 Å². The molecule has 0 aromatic heterocycles. The number of hydrazine groups is 1. The molecule has 18 heavy (non-hydrogen) atoms. The SMILES string of the molecule is CCCCCCC(NN)c1cc(OC)ccc1Br. The number of hydrogen-bond donors (Lipinski definition) is 2. The Balaban J connectivity index is 2.68. The highest BCUT2D eigenvalue weighted by atomic mass is 79.9. The molecule has 0 aliphatic heterocycles. The Morgan fingerprint density at radius 3 is 2.72 bits per heavy atom. The van der Waals surface area contributed by atoms with Gasteiger partial charge in [-0.1, -0.05) is 48.5 Å². The molecule has 102 valence electrons. The zero-order chi connectivity index (χ0) is 13.4. The Morgan fingerprint density at radius 2 is 2.11 bits per heavy atom. The van der Waals surface area contributed by atoms with Gasteiger partial charge in [-0.3, -0.25) is 11.3 Å². The van der Waals surface area contributed by atoms with E-state index < -0.39 is 0 Å². The van der Waals surface area contributed by atoms with Crippen LogP contribution in [-0.4, -0.2) is 7.11 Å². The molecule has 4 heteroatoms. The standard InChI is InChI=1S/C14H23BrN2O/c1-3-4-5-6-7-14(17-16)12-10-11(18-2)8-9-13(12)15/h8-10,14,17H,3-7,16H2,1-2H3. The van der Waals surface area contributed by atoms with Crippen LogP contribution in [0.2, 0.25) is 0 Å². The minimum atomic E-state index is 0.173. The number of halogens is 1. The summed E-state index contributed by atoms with van der Waals surface area (Å²) < 4.78 is 6.33. The second-order valence-electron chi connectivity index (χ2n) is 4.46. The molecule has 0 saturated heterocycles. The maximum Gasteiger partial charge on any atom is 0.119 e. The van der Waals surface area contributed by atoms with Gasteiger partial charge < -0.3 is 4.74 Å². The molecule has 0 amide bonds. The topological polar surface area (TPSA) is 47.3 Å². The number of rotatable bonds is 8. The fourth-order valence-electron chi connectivity index (χ4n) is 2.02. The first-order chi connectivity index (χ1) is 8.72. The molecule has 1 atom stereocenters. The summed E-state index contributed by atoms with van der Waals surface area (Å²) in [6.45, 7) is 2.22. The lowest BCUT2D eigenvalue weighted by Gasteiger charge is -2.18. The maximum atomic E-state index is 5.67. The zero-order valence-corrected chi connectivity index (χ0v) is 12.8. The molecule has 0 heterocycles. The number of benzene rings is 1. The van der Waals surface area contributed by atoms with Crippen molar-refractivity contribution in [2.45, 2.75) is 45.1 Å². The lowest BCUT2D eigenvalue weighted by molar-refractivity contribution is 0.411. The summed E-state index contributed by atoms with van der Waals surface area (Å²) in [7, 11) is 1.68. The van der Waals surface area contributed by atoms with Crippen LogP contribution in [0, 0.1) is 0 Å². The average Bonchev–Trinajstić information content (AvgIpc) is 2.40. The molecule has 1 rings (SSSR count). The van der Waals surface area contributed by atoms with E-state index in [1.54, 1.807) is 7.11 Å². The van der Waals surface area contributed by atoms with E-state index in [1.165, 1.54) is 25.7 Å². The number of nitrogens with two attached hydrogens (primary N) is 1. The van der Waals surface area contributed by atoms with E-state index in [0.717, 1.165) is 22.2 Å². The van der Waals surface area contributed by atoms with Crippen molar-refractivity contribution < 1.29 is 4.74 Å². The van der Waals surface area contributed by atoms with Gasteiger partial charge in [0.1, 0.15) is 5.75 Å². The summed E-state index contributed by atoms with van der Waals surface area (Å²) in [5.74, 6) is 6.53. The summed E-state index contributed by atoms with van der Waals surface area (Å²) in [5, 5.41) is 0. The first-order valence-electron chi connectivity index (χ1n) is 6.52. The number of hydrogen-bond acceptors (Lipinski definition) is 3. The molecule has 0 saturated carbocycles. The van der Waals surface area contributed by atoms with Crippen molar-refractivity contribution in [2.75, 3.05) is 7.11 Å². The number of nitrogens with one attached hydrogen (secondary N) is 1. The Labute approximate surface area is 118 Å². The van der Waals surface area contributed by atoms with Gasteiger partial charge in [0.2, 0.25) is 0 Å². The summed E-state index contributed by atoms with van der Waals surface area (Å²) in [6, 6.07) is 6.16. The van der Waals surface area contributed by atoms with Crippen molar-refractivity contribution in [3.63, 3.8) is 0 Å². The van der Waals surface area contributed by atoms with Crippen molar-refractivity contribution in [1.82, 2.24) is 5.43 Å². The largest absolute Gasteiger partial charge is 0.497 e. The highest BCUT2D eigenvalue weighted by molar-refractivity contribution is 9.10. The second-order valence-corrected chi connectivity index (χ2v) is 5.31. The molecule has 0 fully saturated rings. The third-order valence-corrected chi connectivity index (χ3v) is 3.85. The van der Waals surface area contributed by atoms with Gasteiger partial charge in [0.05, 0.1) is 7.11 Å². The van der Waals surface area contributed by atoms with Crippen LogP contribution in [0.5, 0.6) is 5.75 Å². The van der Waals surface area contributed by atoms with E-state index in [4.69, 9.17) is 10.6 Å². The van der Waals surface area contributed by atoms with E-state index in [-0.39, 0.29) is 6.04 Å². The Hall–Kier alpha value is -0.580. The number of unbranched alkanes of at least 4 members (excludes halogenated alkanes) is 3. The lowest BCUT2D eigenvalue weighted by atomic mass is 10.0. The summed E-state index contributed by atoms with van der Waals surface area (Å²) in [4.78, 5) is 0. The fraction of sp³-hybridized carbons (Fsp3) is 0.571. The van der Waals surface area contributed by atoms with Gasteiger partial charge in [-0.15, -0.1) is 0 Å². The van der Waals surface area contributed by atoms with Crippen LogP contribution in [0.25, 0.3) is 0 Å². The number of ether oxygens (including phenoxy) is 1. The smallest absolute Gasteiger partial charge is 0.119 e. The Bertz CT molecular complexity index is 358. The first kappa shape index (κ1) is 15.5. The molecule has 0 spiro atoms. The molecule has 0 radical (unpaired) electrons. The highest BCUT2D eigenvalue weighted by Gasteiger charge is 2.13. The van der Waals surface area contributed by atoms with Crippen LogP contribution in [0.4, 0.5) is 0 Å². The van der Waals surface area contributed by atoms with E-state index in [2.05, 4.69) is 28.3 Å².